The van der Waals surface area contributed by atoms with E-state index in [1.807, 2.05) is 0 Å². The highest BCUT2D eigenvalue weighted by atomic mass is 16.4. The van der Waals surface area contributed by atoms with Crippen molar-refractivity contribution in [3.05, 3.63) is 11.9 Å². The van der Waals surface area contributed by atoms with Gasteiger partial charge in [-0.15, -0.1) is 0 Å². The van der Waals surface area contributed by atoms with Gasteiger partial charge in [0.05, 0.1) is 11.4 Å². The van der Waals surface area contributed by atoms with Crippen LogP contribution in [0.15, 0.2) is 6.20 Å². The maximum Gasteiger partial charge on any atom is 0.326 e. The zero-order valence-electron chi connectivity index (χ0n) is 11.1. The van der Waals surface area contributed by atoms with Crippen molar-refractivity contribution in [2.45, 2.75) is 32.2 Å². The Kier molecular flexibility index (Phi) is 3.73. The number of urea groups is 1. The molecule has 1 aromatic rings. The van der Waals surface area contributed by atoms with E-state index in [1.165, 1.54) is 4.90 Å². The van der Waals surface area contributed by atoms with Gasteiger partial charge in [-0.2, -0.15) is 5.10 Å². The largest absolute Gasteiger partial charge is 0.480 e. The maximum absolute atomic E-state index is 12.2. The average molecular weight is 266 g/mol. The van der Waals surface area contributed by atoms with Crippen molar-refractivity contribution in [3.63, 3.8) is 0 Å². The van der Waals surface area contributed by atoms with Crippen LogP contribution < -0.4 is 5.32 Å². The lowest BCUT2D eigenvalue weighted by molar-refractivity contribution is -0.143. The second-order valence-electron chi connectivity index (χ2n) is 4.78. The molecule has 7 heteroatoms. The summed E-state index contributed by atoms with van der Waals surface area (Å²) in [6, 6.07) is -1.10. The number of hydrogen-bond acceptors (Lipinski definition) is 3. The summed E-state index contributed by atoms with van der Waals surface area (Å²) in [5.41, 5.74) is 1.32. The first-order valence-corrected chi connectivity index (χ1v) is 6.29. The van der Waals surface area contributed by atoms with Gasteiger partial charge in [0, 0.05) is 19.8 Å². The van der Waals surface area contributed by atoms with E-state index in [1.54, 1.807) is 24.9 Å². The van der Waals surface area contributed by atoms with Gasteiger partial charge in [0.2, 0.25) is 0 Å². The second kappa shape index (κ2) is 5.29. The van der Waals surface area contributed by atoms with Crippen molar-refractivity contribution < 1.29 is 14.7 Å². The van der Waals surface area contributed by atoms with Gasteiger partial charge in [0.25, 0.3) is 0 Å². The number of carboxylic acids is 1. The van der Waals surface area contributed by atoms with Gasteiger partial charge in [-0.25, -0.2) is 9.59 Å². The van der Waals surface area contributed by atoms with E-state index in [0.29, 0.717) is 24.3 Å². The fourth-order valence-corrected chi connectivity index (χ4v) is 2.34. The van der Waals surface area contributed by atoms with Crippen molar-refractivity contribution in [3.8, 4) is 0 Å². The molecule has 0 saturated carbocycles. The van der Waals surface area contributed by atoms with Gasteiger partial charge in [-0.05, 0) is 26.2 Å². The number of carbonyl (C=O) groups is 2. The number of aromatic nitrogens is 2. The Balaban J connectivity index is 2.09. The molecular formula is C12H18N4O3. The molecular weight excluding hydrogens is 248 g/mol. The molecule has 0 spiro atoms. The van der Waals surface area contributed by atoms with Crippen LogP contribution >= 0.6 is 0 Å². The van der Waals surface area contributed by atoms with Crippen LogP contribution in [0, 0.1) is 6.92 Å². The van der Waals surface area contributed by atoms with E-state index < -0.39 is 12.0 Å². The van der Waals surface area contributed by atoms with Crippen molar-refractivity contribution in [1.29, 1.82) is 0 Å². The van der Waals surface area contributed by atoms with Gasteiger partial charge < -0.3 is 15.3 Å². The number of rotatable bonds is 2. The summed E-state index contributed by atoms with van der Waals surface area (Å²) >= 11 is 0. The minimum atomic E-state index is -0.947. The topological polar surface area (TPSA) is 87.5 Å². The zero-order chi connectivity index (χ0) is 14.0. The zero-order valence-corrected chi connectivity index (χ0v) is 11.1. The van der Waals surface area contributed by atoms with Crippen molar-refractivity contribution >= 4 is 17.7 Å². The number of aliphatic carboxylic acids is 1. The summed E-state index contributed by atoms with van der Waals surface area (Å²) in [5.74, 6) is -0.947. The molecule has 0 radical (unpaired) electrons. The Labute approximate surface area is 111 Å². The second-order valence-corrected chi connectivity index (χ2v) is 4.78. The van der Waals surface area contributed by atoms with Crippen molar-refractivity contribution in [2.24, 2.45) is 7.05 Å². The summed E-state index contributed by atoms with van der Waals surface area (Å²) < 4.78 is 1.61. The number of carboxylic acid groups (broad SMARTS) is 1. The van der Waals surface area contributed by atoms with Gasteiger partial charge in [0.15, 0.2) is 0 Å². The van der Waals surface area contributed by atoms with E-state index in [0.717, 1.165) is 12.8 Å². The molecule has 0 bridgehead atoms. The maximum atomic E-state index is 12.2. The lowest BCUT2D eigenvalue weighted by Crippen LogP contribution is -2.49. The molecule has 2 rings (SSSR count). The van der Waals surface area contributed by atoms with Gasteiger partial charge >= 0.3 is 12.0 Å². The van der Waals surface area contributed by atoms with Gasteiger partial charge in [-0.3, -0.25) is 4.68 Å². The number of hydrogen-bond donors (Lipinski definition) is 2. The van der Waals surface area contributed by atoms with Crippen molar-refractivity contribution in [2.75, 3.05) is 11.9 Å². The minimum absolute atomic E-state index is 0.372. The Bertz CT molecular complexity index is 497. The molecule has 1 unspecified atom stereocenters. The first-order chi connectivity index (χ1) is 8.99. The third-order valence-corrected chi connectivity index (χ3v) is 3.30. The molecule has 1 aliphatic rings. The number of anilines is 1. The average Bonchev–Trinajstić information content (AvgIpc) is 2.67. The predicted octanol–water partition coefficient (Wildman–Crippen LogP) is 1.20. The van der Waals surface area contributed by atoms with Gasteiger partial charge in [0.1, 0.15) is 6.04 Å². The summed E-state index contributed by atoms with van der Waals surface area (Å²) in [7, 11) is 1.77. The van der Waals surface area contributed by atoms with E-state index in [4.69, 9.17) is 5.11 Å². The molecule has 2 N–H and O–H groups in total. The highest BCUT2D eigenvalue weighted by Crippen LogP contribution is 2.19. The molecule has 0 aromatic carbocycles. The fraction of sp³-hybridized carbons (Fsp3) is 0.583. The Morgan fingerprint density at radius 1 is 1.47 bits per heavy atom. The minimum Gasteiger partial charge on any atom is -0.480 e. The summed E-state index contributed by atoms with van der Waals surface area (Å²) in [6.07, 6.45) is 3.89. The molecule has 1 aromatic heterocycles. The normalized spacial score (nSPS) is 19.3. The first-order valence-electron chi connectivity index (χ1n) is 6.29. The molecule has 0 aliphatic carbocycles. The number of piperidine rings is 1. The molecule has 104 valence electrons. The molecule has 19 heavy (non-hydrogen) atoms. The molecule has 1 fully saturated rings. The van der Waals surface area contributed by atoms with Crippen LogP contribution in [0.2, 0.25) is 0 Å². The number of nitrogens with one attached hydrogen (secondary N) is 1. The smallest absolute Gasteiger partial charge is 0.326 e. The molecule has 7 nitrogen and oxygen atoms in total. The van der Waals surface area contributed by atoms with E-state index in [9.17, 15) is 9.59 Å². The lowest BCUT2D eigenvalue weighted by atomic mass is 10.0. The Hall–Kier alpha value is -2.05. The van der Waals surface area contributed by atoms with Crippen LogP contribution in [0.5, 0.6) is 0 Å². The molecule has 1 aliphatic heterocycles. The van der Waals surface area contributed by atoms with E-state index in [2.05, 4.69) is 10.4 Å². The van der Waals surface area contributed by atoms with Crippen LogP contribution in [0.3, 0.4) is 0 Å². The Morgan fingerprint density at radius 3 is 2.79 bits per heavy atom. The van der Waals surface area contributed by atoms with Crippen LogP contribution in [0.25, 0.3) is 0 Å². The van der Waals surface area contributed by atoms with Crippen LogP contribution in [0.4, 0.5) is 10.5 Å². The predicted molar refractivity (Wildman–Crippen MR) is 68.9 cm³/mol. The van der Waals surface area contributed by atoms with Crippen LogP contribution in [-0.4, -0.2) is 44.4 Å². The number of aryl methyl sites for hydroxylation is 2. The third-order valence-electron chi connectivity index (χ3n) is 3.30. The SMILES string of the molecule is Cc1nn(C)cc1NC(=O)N1CCCCC1C(=O)O. The number of carbonyl (C=O) groups excluding carboxylic acids is 1. The van der Waals surface area contributed by atoms with E-state index >= 15 is 0 Å². The number of likely N-dealkylation sites (tertiary alicyclic amines) is 1. The fourth-order valence-electron chi connectivity index (χ4n) is 2.34. The van der Waals surface area contributed by atoms with Gasteiger partial charge in [-0.1, -0.05) is 0 Å². The van der Waals surface area contributed by atoms with Crippen LogP contribution in [-0.2, 0) is 11.8 Å². The highest BCUT2D eigenvalue weighted by molar-refractivity contribution is 5.92. The standard InChI is InChI=1S/C12H18N4O3/c1-8-9(7-15(2)14-8)13-12(19)16-6-4-3-5-10(16)11(17)18/h7,10H,3-6H2,1-2H3,(H,13,19)(H,17,18). The first kappa shape index (κ1) is 13.4. The lowest BCUT2D eigenvalue weighted by Gasteiger charge is -2.32. The third kappa shape index (κ3) is 2.86. The van der Waals surface area contributed by atoms with Crippen molar-refractivity contribution in [1.82, 2.24) is 14.7 Å². The number of amides is 2. The van der Waals surface area contributed by atoms with E-state index in [-0.39, 0.29) is 6.03 Å². The number of nitrogens with zero attached hydrogens (tertiary/aromatic N) is 3. The van der Waals surface area contributed by atoms with Crippen LogP contribution in [0.1, 0.15) is 25.0 Å². The molecule has 2 heterocycles. The molecule has 1 atom stereocenters. The Morgan fingerprint density at radius 2 is 2.21 bits per heavy atom. The summed E-state index contributed by atoms with van der Waals surface area (Å²) in [5, 5.41) is 16.0. The highest BCUT2D eigenvalue weighted by Gasteiger charge is 2.32. The monoisotopic (exact) mass is 266 g/mol. The molecule has 1 saturated heterocycles. The molecule has 2 amide bonds. The summed E-state index contributed by atoms with van der Waals surface area (Å²) in [4.78, 5) is 24.7. The summed E-state index contributed by atoms with van der Waals surface area (Å²) in [6.45, 7) is 2.27. The quantitative estimate of drug-likeness (QED) is 0.842.